The van der Waals surface area contributed by atoms with Gasteiger partial charge in [-0.05, 0) is 48.9 Å². The third-order valence-electron chi connectivity index (χ3n) is 8.48. The molecule has 9 heteroatoms. The van der Waals surface area contributed by atoms with Gasteiger partial charge in [0.05, 0.1) is 11.8 Å². The Morgan fingerprint density at radius 2 is 1.61 bits per heavy atom. The molecule has 0 aromatic heterocycles. The predicted molar refractivity (Wildman–Crippen MR) is 158 cm³/mol. The molecule has 0 radical (unpaired) electrons. The van der Waals surface area contributed by atoms with E-state index in [2.05, 4.69) is 5.32 Å². The van der Waals surface area contributed by atoms with Gasteiger partial charge in [0.1, 0.15) is 6.04 Å². The Kier molecular flexibility index (Phi) is 9.46. The number of halogens is 2. The number of hydrogen-bond donors (Lipinski definition) is 1. The zero-order chi connectivity index (χ0) is 28.9. The smallest absolute Gasteiger partial charge is 0.243 e. The van der Waals surface area contributed by atoms with E-state index in [0.29, 0.717) is 34.9 Å². The molecule has 41 heavy (non-hydrogen) atoms. The van der Waals surface area contributed by atoms with Gasteiger partial charge in [-0.2, -0.15) is 0 Å². The average Bonchev–Trinajstić information content (AvgIpc) is 3.57. The summed E-state index contributed by atoms with van der Waals surface area (Å²) in [7, 11) is 0. The fourth-order valence-corrected chi connectivity index (χ4v) is 6.66. The van der Waals surface area contributed by atoms with Crippen LogP contribution in [0.2, 0.25) is 10.0 Å². The molecule has 2 aromatic rings. The van der Waals surface area contributed by atoms with Crippen LogP contribution in [-0.4, -0.2) is 52.1 Å². The molecule has 3 aliphatic rings. The molecule has 7 nitrogen and oxygen atoms in total. The summed E-state index contributed by atoms with van der Waals surface area (Å²) in [4.78, 5) is 56.7. The van der Waals surface area contributed by atoms with E-state index in [4.69, 9.17) is 23.2 Å². The Bertz CT molecular complexity index is 1300. The van der Waals surface area contributed by atoms with E-state index in [-0.39, 0.29) is 61.0 Å². The van der Waals surface area contributed by atoms with Crippen molar-refractivity contribution in [3.8, 4) is 0 Å². The van der Waals surface area contributed by atoms with Crippen molar-refractivity contribution in [2.24, 2.45) is 11.8 Å². The molecular formula is C32H35Cl2N3O4. The van der Waals surface area contributed by atoms with Gasteiger partial charge in [-0.15, -0.1) is 0 Å². The molecule has 4 amide bonds. The molecule has 216 valence electrons. The number of likely N-dealkylation sites (tertiary alicyclic amines) is 1. The molecule has 1 saturated carbocycles. The number of rotatable bonds is 10. The van der Waals surface area contributed by atoms with E-state index < -0.39 is 6.04 Å². The molecule has 1 N–H and O–H groups in total. The highest BCUT2D eigenvalue weighted by Crippen LogP contribution is 2.35. The van der Waals surface area contributed by atoms with Crippen LogP contribution in [0.15, 0.2) is 60.7 Å². The number of carbonyl (C=O) groups excluding carboxylic acids is 4. The summed E-state index contributed by atoms with van der Waals surface area (Å²) in [5, 5.41) is 4.04. The van der Waals surface area contributed by atoms with Crippen molar-refractivity contribution in [3.05, 3.63) is 81.9 Å². The number of fused-ring (bicyclic) bond motifs is 1. The molecule has 1 heterocycles. The number of imide groups is 1. The molecular weight excluding hydrogens is 561 g/mol. The van der Waals surface area contributed by atoms with E-state index in [9.17, 15) is 19.2 Å². The Labute approximate surface area is 250 Å². The minimum Gasteiger partial charge on any atom is -0.352 e. The summed E-state index contributed by atoms with van der Waals surface area (Å²) >= 11 is 12.7. The van der Waals surface area contributed by atoms with Crippen molar-refractivity contribution in [3.63, 3.8) is 0 Å². The molecule has 2 aromatic carbocycles. The molecule has 0 unspecified atom stereocenters. The molecule has 3 atom stereocenters. The van der Waals surface area contributed by atoms with Gasteiger partial charge >= 0.3 is 0 Å². The molecule has 5 rings (SSSR count). The summed E-state index contributed by atoms with van der Waals surface area (Å²) in [5.41, 5.74) is 1.57. The molecule has 1 saturated heterocycles. The fourth-order valence-electron chi connectivity index (χ4n) is 6.20. The van der Waals surface area contributed by atoms with Gasteiger partial charge in [0, 0.05) is 42.0 Å². The van der Waals surface area contributed by atoms with Crippen molar-refractivity contribution >= 4 is 46.8 Å². The van der Waals surface area contributed by atoms with Crippen LogP contribution >= 0.6 is 23.2 Å². The van der Waals surface area contributed by atoms with Crippen LogP contribution in [-0.2, 0) is 32.1 Å². The number of nitrogens with one attached hydrogen (secondary N) is 1. The van der Waals surface area contributed by atoms with Gasteiger partial charge in [0.15, 0.2) is 0 Å². The number of amides is 4. The van der Waals surface area contributed by atoms with E-state index in [1.54, 1.807) is 23.1 Å². The third-order valence-corrected chi connectivity index (χ3v) is 9.06. The first kappa shape index (κ1) is 29.3. The second-order valence-corrected chi connectivity index (χ2v) is 12.0. The molecule has 2 fully saturated rings. The van der Waals surface area contributed by atoms with Gasteiger partial charge in [0.25, 0.3) is 0 Å². The van der Waals surface area contributed by atoms with Gasteiger partial charge in [-0.25, -0.2) is 0 Å². The highest BCUT2D eigenvalue weighted by molar-refractivity contribution is 6.35. The quantitative estimate of drug-likeness (QED) is 0.297. The monoisotopic (exact) mass is 595 g/mol. The van der Waals surface area contributed by atoms with Crippen molar-refractivity contribution in [2.45, 2.75) is 70.0 Å². The maximum Gasteiger partial charge on any atom is 0.243 e. The molecule has 0 spiro atoms. The second kappa shape index (κ2) is 13.2. The Morgan fingerprint density at radius 1 is 0.951 bits per heavy atom. The standard InChI is InChI=1S/C32H35Cl2N3O4/c33-23-15-14-22(27(34)19-23)20-37(29(38)16-17-36-31(40)25-12-6-7-13-26(25)32(36)41)28(18-21-8-2-1-3-9-21)30(39)35-24-10-4-5-11-24/h1-3,6-9,14-15,19,24-26,28H,4-5,10-13,16-18,20H2,(H,35,39)/t25-,26+,28-/m1/s1. The molecule has 1 aliphatic heterocycles. The fraction of sp³-hybridized carbons (Fsp3) is 0.438. The van der Waals surface area contributed by atoms with Crippen molar-refractivity contribution in [1.82, 2.24) is 15.1 Å². The third kappa shape index (κ3) is 6.84. The van der Waals surface area contributed by atoms with E-state index in [1.807, 2.05) is 42.5 Å². The number of carbonyl (C=O) groups is 4. The Morgan fingerprint density at radius 3 is 2.24 bits per heavy atom. The Hall–Kier alpha value is -3.16. The lowest BCUT2D eigenvalue weighted by molar-refractivity contribution is -0.144. The van der Waals surface area contributed by atoms with Crippen LogP contribution in [0.1, 0.15) is 56.1 Å². The van der Waals surface area contributed by atoms with Crippen LogP contribution in [0, 0.1) is 11.8 Å². The number of allylic oxidation sites excluding steroid dienone is 2. The largest absolute Gasteiger partial charge is 0.352 e. The highest BCUT2D eigenvalue weighted by Gasteiger charge is 2.47. The lowest BCUT2D eigenvalue weighted by Crippen LogP contribution is -2.52. The van der Waals surface area contributed by atoms with E-state index in [1.165, 1.54) is 4.90 Å². The highest BCUT2D eigenvalue weighted by atomic mass is 35.5. The zero-order valence-corrected chi connectivity index (χ0v) is 24.4. The van der Waals surface area contributed by atoms with Crippen molar-refractivity contribution < 1.29 is 19.2 Å². The van der Waals surface area contributed by atoms with Crippen LogP contribution in [0.3, 0.4) is 0 Å². The Balaban J connectivity index is 1.41. The SMILES string of the molecule is O=C(NC1CCCC1)[C@@H](Cc1ccccc1)N(Cc1ccc(Cl)cc1Cl)C(=O)CCN1C(=O)[C@H]2CC=CC[C@H]2C1=O. The van der Waals surface area contributed by atoms with Gasteiger partial charge in [-0.1, -0.05) is 84.6 Å². The lowest BCUT2D eigenvalue weighted by Gasteiger charge is -2.33. The summed E-state index contributed by atoms with van der Waals surface area (Å²) in [6.07, 6.45) is 9.15. The van der Waals surface area contributed by atoms with Crippen molar-refractivity contribution in [2.75, 3.05) is 6.54 Å². The number of hydrogen-bond acceptors (Lipinski definition) is 4. The van der Waals surface area contributed by atoms with Crippen LogP contribution in [0.4, 0.5) is 0 Å². The van der Waals surface area contributed by atoms with Crippen LogP contribution in [0.25, 0.3) is 0 Å². The van der Waals surface area contributed by atoms with Gasteiger partial charge < -0.3 is 10.2 Å². The summed E-state index contributed by atoms with van der Waals surface area (Å²) < 4.78 is 0. The topological polar surface area (TPSA) is 86.8 Å². The van der Waals surface area contributed by atoms with Gasteiger partial charge in [-0.3, -0.25) is 24.1 Å². The zero-order valence-electron chi connectivity index (χ0n) is 22.9. The summed E-state index contributed by atoms with van der Waals surface area (Å²) in [5.74, 6) is -1.69. The minimum atomic E-state index is -0.811. The average molecular weight is 597 g/mol. The van der Waals surface area contributed by atoms with Crippen LogP contribution < -0.4 is 5.32 Å². The maximum absolute atomic E-state index is 14.0. The predicted octanol–water partition coefficient (Wildman–Crippen LogP) is 5.33. The minimum absolute atomic E-state index is 0.0172. The second-order valence-electron chi connectivity index (χ2n) is 11.2. The van der Waals surface area contributed by atoms with E-state index in [0.717, 1.165) is 31.2 Å². The van der Waals surface area contributed by atoms with Gasteiger partial charge in [0.2, 0.25) is 23.6 Å². The van der Waals surface area contributed by atoms with Crippen molar-refractivity contribution in [1.29, 1.82) is 0 Å². The number of nitrogens with zero attached hydrogens (tertiary/aromatic N) is 2. The summed E-state index contributed by atoms with van der Waals surface area (Å²) in [6.45, 7) is 0.0676. The number of benzene rings is 2. The first-order valence-corrected chi connectivity index (χ1v) is 15.2. The normalized spacial score (nSPS) is 21.2. The summed E-state index contributed by atoms with van der Waals surface area (Å²) in [6, 6.07) is 13.9. The lowest BCUT2D eigenvalue weighted by atomic mass is 9.85. The van der Waals surface area contributed by atoms with E-state index >= 15 is 0 Å². The molecule has 2 aliphatic carbocycles. The first-order valence-electron chi connectivity index (χ1n) is 14.4. The van der Waals surface area contributed by atoms with Crippen LogP contribution in [0.5, 0.6) is 0 Å². The first-order chi connectivity index (χ1) is 19.8. The maximum atomic E-state index is 14.0. The molecule has 0 bridgehead atoms.